The molecule has 2 rings (SSSR count). The minimum absolute atomic E-state index is 0.0898. The number of aromatic carboxylic acids is 1. The molecule has 1 heterocycles. The first-order valence-corrected chi connectivity index (χ1v) is 7.69. The summed E-state index contributed by atoms with van der Waals surface area (Å²) in [6.45, 7) is 3.75. The van der Waals surface area contributed by atoms with Crippen molar-refractivity contribution in [3.05, 3.63) is 53.0 Å². The van der Waals surface area contributed by atoms with Crippen LogP contribution in [0.4, 0.5) is 0 Å². The summed E-state index contributed by atoms with van der Waals surface area (Å²) in [5.41, 5.74) is 1.31. The number of carbonyl (C=O) groups is 2. The number of furan rings is 1. The van der Waals surface area contributed by atoms with E-state index in [1.54, 1.807) is 14.0 Å². The monoisotopic (exact) mass is 331 g/mol. The highest BCUT2D eigenvalue weighted by Crippen LogP contribution is 2.16. The van der Waals surface area contributed by atoms with E-state index in [2.05, 4.69) is 6.92 Å². The van der Waals surface area contributed by atoms with Crippen LogP contribution in [0.3, 0.4) is 0 Å². The summed E-state index contributed by atoms with van der Waals surface area (Å²) in [5, 5.41) is 9.01. The number of hydrogen-bond donors (Lipinski definition) is 1. The number of nitrogens with zero attached hydrogens (tertiary/aromatic N) is 1. The first kappa shape index (κ1) is 17.6. The number of hydrogen-bond acceptors (Lipinski definition) is 4. The Labute approximate surface area is 140 Å². The molecule has 0 saturated heterocycles. The molecule has 1 aromatic carbocycles. The van der Waals surface area contributed by atoms with Crippen molar-refractivity contribution < 1.29 is 23.8 Å². The molecule has 6 heteroatoms. The van der Waals surface area contributed by atoms with Crippen molar-refractivity contribution in [2.75, 3.05) is 13.7 Å². The number of carboxylic acids is 1. The lowest BCUT2D eigenvalue weighted by Crippen LogP contribution is -2.30. The molecule has 128 valence electrons. The van der Waals surface area contributed by atoms with Gasteiger partial charge in [-0.15, -0.1) is 0 Å². The highest BCUT2D eigenvalue weighted by atomic mass is 16.5. The van der Waals surface area contributed by atoms with E-state index in [1.807, 2.05) is 24.3 Å². The standard InChI is InChI=1S/C18H21NO5/c1-4-13-5-7-14(8-6-13)23-11-17(20)19(3)10-15-9-16(18(21)22)12(2)24-15/h5-9H,4,10-11H2,1-3H3,(H,21,22). The molecule has 6 nitrogen and oxygen atoms in total. The quantitative estimate of drug-likeness (QED) is 0.844. The summed E-state index contributed by atoms with van der Waals surface area (Å²) in [7, 11) is 1.62. The number of aryl methyl sites for hydroxylation is 2. The third-order valence-electron chi connectivity index (χ3n) is 3.71. The number of carboxylic acid groups (broad SMARTS) is 1. The van der Waals surface area contributed by atoms with Crippen LogP contribution >= 0.6 is 0 Å². The lowest BCUT2D eigenvalue weighted by atomic mass is 10.2. The van der Waals surface area contributed by atoms with E-state index in [9.17, 15) is 9.59 Å². The third kappa shape index (κ3) is 4.38. The molecule has 0 unspecified atom stereocenters. The molecule has 24 heavy (non-hydrogen) atoms. The van der Waals surface area contributed by atoms with Crippen LogP contribution in [0.25, 0.3) is 0 Å². The molecule has 0 spiro atoms. The fourth-order valence-electron chi connectivity index (χ4n) is 2.23. The molecule has 0 aliphatic rings. The van der Waals surface area contributed by atoms with Crippen LogP contribution in [-0.2, 0) is 17.8 Å². The van der Waals surface area contributed by atoms with Crippen LogP contribution in [0.5, 0.6) is 5.75 Å². The highest BCUT2D eigenvalue weighted by molar-refractivity contribution is 5.88. The molecule has 0 radical (unpaired) electrons. The van der Waals surface area contributed by atoms with Crippen molar-refractivity contribution >= 4 is 11.9 Å². The topological polar surface area (TPSA) is 80.0 Å². The largest absolute Gasteiger partial charge is 0.484 e. The Morgan fingerprint density at radius 3 is 2.46 bits per heavy atom. The van der Waals surface area contributed by atoms with E-state index in [4.69, 9.17) is 14.3 Å². The van der Waals surface area contributed by atoms with Crippen LogP contribution in [-0.4, -0.2) is 35.5 Å². The van der Waals surface area contributed by atoms with Gasteiger partial charge in [0.2, 0.25) is 0 Å². The van der Waals surface area contributed by atoms with Gasteiger partial charge in [0, 0.05) is 7.05 Å². The van der Waals surface area contributed by atoms with Gasteiger partial charge in [-0.1, -0.05) is 19.1 Å². The van der Waals surface area contributed by atoms with E-state index < -0.39 is 5.97 Å². The zero-order valence-electron chi connectivity index (χ0n) is 14.0. The summed E-state index contributed by atoms with van der Waals surface area (Å²) >= 11 is 0. The number of rotatable bonds is 7. The molecule has 0 bridgehead atoms. The Hall–Kier alpha value is -2.76. The first-order chi connectivity index (χ1) is 11.4. The van der Waals surface area contributed by atoms with Gasteiger partial charge in [-0.25, -0.2) is 4.79 Å². The molecule has 0 aliphatic heterocycles. The second kappa shape index (κ2) is 7.68. The zero-order chi connectivity index (χ0) is 17.7. The second-order valence-corrected chi connectivity index (χ2v) is 5.52. The Balaban J connectivity index is 1.89. The first-order valence-electron chi connectivity index (χ1n) is 7.69. The average molecular weight is 331 g/mol. The normalized spacial score (nSPS) is 10.5. The summed E-state index contributed by atoms with van der Waals surface area (Å²) in [6, 6.07) is 9.03. The lowest BCUT2D eigenvalue weighted by Gasteiger charge is -2.16. The fourth-order valence-corrected chi connectivity index (χ4v) is 2.23. The van der Waals surface area contributed by atoms with Gasteiger partial charge in [0.1, 0.15) is 22.8 Å². The van der Waals surface area contributed by atoms with Crippen molar-refractivity contribution in [2.24, 2.45) is 0 Å². The fraction of sp³-hybridized carbons (Fsp3) is 0.333. The van der Waals surface area contributed by atoms with Gasteiger partial charge in [0.05, 0.1) is 6.54 Å². The molecule has 0 saturated carbocycles. The molecule has 1 N–H and O–H groups in total. The Bertz CT molecular complexity index is 718. The average Bonchev–Trinajstić information content (AvgIpc) is 2.93. The van der Waals surface area contributed by atoms with Crippen LogP contribution in [0, 0.1) is 6.92 Å². The van der Waals surface area contributed by atoms with Crippen molar-refractivity contribution in [3.8, 4) is 5.75 Å². The summed E-state index contributed by atoms with van der Waals surface area (Å²) < 4.78 is 10.8. The predicted octanol–water partition coefficient (Wildman–Crippen LogP) is 2.89. The van der Waals surface area contributed by atoms with Gasteiger partial charge >= 0.3 is 5.97 Å². The van der Waals surface area contributed by atoms with Crippen molar-refractivity contribution in [2.45, 2.75) is 26.8 Å². The molecule has 0 aliphatic carbocycles. The van der Waals surface area contributed by atoms with Gasteiger partial charge in [-0.05, 0) is 37.1 Å². The van der Waals surface area contributed by atoms with Crippen molar-refractivity contribution in [3.63, 3.8) is 0 Å². The molecule has 1 aromatic heterocycles. The smallest absolute Gasteiger partial charge is 0.339 e. The van der Waals surface area contributed by atoms with Crippen molar-refractivity contribution in [1.82, 2.24) is 4.90 Å². The SMILES string of the molecule is CCc1ccc(OCC(=O)N(C)Cc2cc(C(=O)O)c(C)o2)cc1. The van der Waals surface area contributed by atoms with Crippen LogP contribution in [0.2, 0.25) is 0 Å². The molecule has 0 fully saturated rings. The number of ether oxygens (including phenoxy) is 1. The molecule has 1 amide bonds. The van der Waals surface area contributed by atoms with Crippen LogP contribution < -0.4 is 4.74 Å². The number of amides is 1. The summed E-state index contributed by atoms with van der Waals surface area (Å²) in [5.74, 6) is 0.116. The summed E-state index contributed by atoms with van der Waals surface area (Å²) in [6.07, 6.45) is 0.947. The molecular weight excluding hydrogens is 310 g/mol. The third-order valence-corrected chi connectivity index (χ3v) is 3.71. The number of carbonyl (C=O) groups excluding carboxylic acids is 1. The van der Waals surface area contributed by atoms with Gasteiger partial charge in [0.15, 0.2) is 6.61 Å². The number of benzene rings is 1. The minimum Gasteiger partial charge on any atom is -0.484 e. The van der Waals surface area contributed by atoms with E-state index >= 15 is 0 Å². The van der Waals surface area contributed by atoms with Gasteiger partial charge in [0.25, 0.3) is 5.91 Å². The lowest BCUT2D eigenvalue weighted by molar-refractivity contribution is -0.132. The van der Waals surface area contributed by atoms with Gasteiger partial charge in [-0.2, -0.15) is 0 Å². The summed E-state index contributed by atoms with van der Waals surface area (Å²) in [4.78, 5) is 24.5. The minimum atomic E-state index is -1.05. The molecular formula is C18H21NO5. The molecule has 0 atom stereocenters. The Kier molecular flexibility index (Phi) is 5.63. The van der Waals surface area contributed by atoms with Gasteiger partial charge < -0.3 is 19.2 Å². The van der Waals surface area contributed by atoms with Crippen LogP contribution in [0.15, 0.2) is 34.7 Å². The second-order valence-electron chi connectivity index (χ2n) is 5.52. The van der Waals surface area contributed by atoms with E-state index in [0.717, 1.165) is 6.42 Å². The van der Waals surface area contributed by atoms with E-state index in [1.165, 1.54) is 16.5 Å². The van der Waals surface area contributed by atoms with Crippen molar-refractivity contribution in [1.29, 1.82) is 0 Å². The van der Waals surface area contributed by atoms with Gasteiger partial charge in [-0.3, -0.25) is 4.79 Å². The van der Waals surface area contributed by atoms with Crippen LogP contribution in [0.1, 0.15) is 34.4 Å². The van der Waals surface area contributed by atoms with E-state index in [-0.39, 0.29) is 24.6 Å². The Morgan fingerprint density at radius 2 is 1.92 bits per heavy atom. The maximum absolute atomic E-state index is 12.1. The Morgan fingerprint density at radius 1 is 1.25 bits per heavy atom. The van der Waals surface area contributed by atoms with E-state index in [0.29, 0.717) is 17.3 Å². The highest BCUT2D eigenvalue weighted by Gasteiger charge is 2.17. The predicted molar refractivity (Wildman–Crippen MR) is 88.2 cm³/mol. The maximum Gasteiger partial charge on any atom is 0.339 e. The molecule has 2 aromatic rings. The maximum atomic E-state index is 12.1. The number of likely N-dealkylation sites (N-methyl/N-ethyl adjacent to an activating group) is 1. The zero-order valence-corrected chi connectivity index (χ0v) is 14.0.